The second-order valence-electron chi connectivity index (χ2n) is 4.71. The molecule has 3 heteroatoms. The first-order valence-corrected chi connectivity index (χ1v) is 7.02. The van der Waals surface area contributed by atoms with Gasteiger partial charge in [0, 0.05) is 23.9 Å². The predicted molar refractivity (Wildman–Crippen MR) is 72.2 cm³/mol. The third kappa shape index (κ3) is 3.87. The molecule has 16 heavy (non-hydrogen) atoms. The first-order chi connectivity index (χ1) is 7.54. The fourth-order valence-corrected chi connectivity index (χ4v) is 2.80. The normalized spacial score (nSPS) is 13.4. The molecule has 92 valence electrons. The maximum Gasteiger partial charge on any atom is 0.0943 e. The molecule has 0 spiro atoms. The molecule has 2 nitrogen and oxygen atoms in total. The number of aromatic nitrogens is 1. The molecular formula is C13H24N2S. The Morgan fingerprint density at radius 1 is 1.31 bits per heavy atom. The van der Waals surface area contributed by atoms with E-state index in [9.17, 15) is 0 Å². The van der Waals surface area contributed by atoms with Gasteiger partial charge in [-0.1, -0.05) is 20.8 Å². The van der Waals surface area contributed by atoms with Crippen LogP contribution in [0.25, 0.3) is 0 Å². The zero-order valence-corrected chi connectivity index (χ0v) is 11.9. The summed E-state index contributed by atoms with van der Waals surface area (Å²) in [5.74, 6) is 0.713. The summed E-state index contributed by atoms with van der Waals surface area (Å²) in [4.78, 5) is 5.91. The van der Waals surface area contributed by atoms with E-state index in [1.54, 1.807) is 0 Å². The Bertz CT molecular complexity index is 298. The summed E-state index contributed by atoms with van der Waals surface area (Å²) in [6, 6.07) is 0.641. The van der Waals surface area contributed by atoms with Gasteiger partial charge < -0.3 is 5.32 Å². The van der Waals surface area contributed by atoms with Gasteiger partial charge in [-0.05, 0) is 26.2 Å². The summed E-state index contributed by atoms with van der Waals surface area (Å²) in [5.41, 5.74) is 1.19. The number of nitrogens with one attached hydrogen (secondary N) is 1. The van der Waals surface area contributed by atoms with E-state index in [1.165, 1.54) is 22.0 Å². The molecule has 1 aromatic rings. The summed E-state index contributed by atoms with van der Waals surface area (Å²) in [6.45, 7) is 12.1. The topological polar surface area (TPSA) is 24.9 Å². The van der Waals surface area contributed by atoms with Crippen LogP contribution in [0.1, 0.15) is 42.8 Å². The van der Waals surface area contributed by atoms with Crippen LogP contribution in [0.15, 0.2) is 0 Å². The lowest BCUT2D eigenvalue weighted by Crippen LogP contribution is -2.34. The molecule has 0 aromatic carbocycles. The Labute approximate surface area is 103 Å². The van der Waals surface area contributed by atoms with E-state index in [-0.39, 0.29) is 0 Å². The fraction of sp³-hybridized carbons (Fsp3) is 0.769. The zero-order valence-electron chi connectivity index (χ0n) is 11.1. The van der Waals surface area contributed by atoms with Crippen molar-refractivity contribution in [3.8, 4) is 0 Å². The smallest absolute Gasteiger partial charge is 0.0943 e. The van der Waals surface area contributed by atoms with Crippen molar-refractivity contribution in [1.82, 2.24) is 10.3 Å². The highest BCUT2D eigenvalue weighted by Crippen LogP contribution is 2.16. The number of hydrogen-bond acceptors (Lipinski definition) is 3. The third-order valence-electron chi connectivity index (χ3n) is 3.06. The first-order valence-electron chi connectivity index (χ1n) is 6.20. The number of aryl methyl sites for hydroxylation is 2. The van der Waals surface area contributed by atoms with Gasteiger partial charge in [0.15, 0.2) is 0 Å². The highest BCUT2D eigenvalue weighted by Gasteiger charge is 2.10. The van der Waals surface area contributed by atoms with Crippen LogP contribution in [-0.2, 0) is 6.42 Å². The summed E-state index contributed by atoms with van der Waals surface area (Å²) in [5, 5.41) is 4.88. The Morgan fingerprint density at radius 3 is 2.44 bits per heavy atom. The number of nitrogens with zero attached hydrogens (tertiary/aromatic N) is 1. The van der Waals surface area contributed by atoms with Crippen LogP contribution in [0.4, 0.5) is 0 Å². The summed E-state index contributed by atoms with van der Waals surface area (Å²) in [6.07, 6.45) is 2.26. The lowest BCUT2D eigenvalue weighted by atomic mass is 10.0. The molecule has 0 aliphatic rings. The van der Waals surface area contributed by atoms with Crippen molar-refractivity contribution in [2.24, 2.45) is 5.92 Å². The van der Waals surface area contributed by atoms with Crippen LogP contribution >= 0.6 is 11.3 Å². The van der Waals surface area contributed by atoms with E-state index in [2.05, 4.69) is 44.9 Å². The van der Waals surface area contributed by atoms with E-state index >= 15 is 0 Å². The van der Waals surface area contributed by atoms with Crippen molar-refractivity contribution in [3.05, 3.63) is 15.6 Å². The van der Waals surface area contributed by atoms with Crippen LogP contribution in [0.2, 0.25) is 0 Å². The molecule has 1 rings (SSSR count). The van der Waals surface area contributed by atoms with E-state index in [0.29, 0.717) is 12.0 Å². The van der Waals surface area contributed by atoms with Crippen molar-refractivity contribution in [3.63, 3.8) is 0 Å². The average molecular weight is 240 g/mol. The van der Waals surface area contributed by atoms with Gasteiger partial charge in [-0.15, -0.1) is 11.3 Å². The quantitative estimate of drug-likeness (QED) is 0.825. The van der Waals surface area contributed by atoms with Crippen molar-refractivity contribution in [1.29, 1.82) is 0 Å². The van der Waals surface area contributed by atoms with Crippen molar-refractivity contribution in [2.45, 2.75) is 53.5 Å². The Balaban J connectivity index is 2.35. The van der Waals surface area contributed by atoms with Crippen LogP contribution in [0.5, 0.6) is 0 Å². The van der Waals surface area contributed by atoms with E-state index in [4.69, 9.17) is 0 Å². The molecule has 1 unspecified atom stereocenters. The van der Waals surface area contributed by atoms with Gasteiger partial charge in [0.25, 0.3) is 0 Å². The molecule has 1 aromatic heterocycles. The highest BCUT2D eigenvalue weighted by atomic mass is 32.1. The monoisotopic (exact) mass is 240 g/mol. The number of thiazole rings is 1. The Morgan fingerprint density at radius 2 is 2.00 bits per heavy atom. The molecule has 0 fully saturated rings. The maximum absolute atomic E-state index is 4.56. The zero-order chi connectivity index (χ0) is 12.1. The van der Waals surface area contributed by atoms with Crippen LogP contribution < -0.4 is 5.32 Å². The van der Waals surface area contributed by atoms with Gasteiger partial charge in [0.1, 0.15) is 0 Å². The fourth-order valence-electron chi connectivity index (χ4n) is 1.86. The van der Waals surface area contributed by atoms with Crippen LogP contribution in [0, 0.1) is 19.8 Å². The standard InChI is InChI=1S/C13H24N2S/c1-6-12(9(2)3)14-8-7-13-15-10(4)11(5)16-13/h9,12,14H,6-8H2,1-5H3. The van der Waals surface area contributed by atoms with Crippen molar-refractivity contribution < 1.29 is 0 Å². The van der Waals surface area contributed by atoms with Gasteiger partial charge in [0.2, 0.25) is 0 Å². The lowest BCUT2D eigenvalue weighted by Gasteiger charge is -2.20. The summed E-state index contributed by atoms with van der Waals surface area (Å²) >= 11 is 1.83. The second kappa shape index (κ2) is 6.36. The molecule has 0 amide bonds. The minimum absolute atomic E-state index is 0.641. The Hall–Kier alpha value is -0.410. The highest BCUT2D eigenvalue weighted by molar-refractivity contribution is 7.11. The summed E-state index contributed by atoms with van der Waals surface area (Å²) < 4.78 is 0. The van der Waals surface area contributed by atoms with Gasteiger partial charge in [-0.25, -0.2) is 4.98 Å². The minimum atomic E-state index is 0.641. The molecular weight excluding hydrogens is 216 g/mol. The van der Waals surface area contributed by atoms with Crippen LogP contribution in [-0.4, -0.2) is 17.6 Å². The third-order valence-corrected chi connectivity index (χ3v) is 4.20. The SMILES string of the molecule is CCC(NCCc1nc(C)c(C)s1)C(C)C. The average Bonchev–Trinajstić information content (AvgIpc) is 2.53. The van der Waals surface area contributed by atoms with Crippen molar-refractivity contribution in [2.75, 3.05) is 6.54 Å². The van der Waals surface area contributed by atoms with E-state index in [1.807, 2.05) is 11.3 Å². The van der Waals surface area contributed by atoms with E-state index in [0.717, 1.165) is 13.0 Å². The minimum Gasteiger partial charge on any atom is -0.313 e. The van der Waals surface area contributed by atoms with Gasteiger partial charge in [0.05, 0.1) is 10.7 Å². The summed E-state index contributed by atoms with van der Waals surface area (Å²) in [7, 11) is 0. The van der Waals surface area contributed by atoms with Crippen LogP contribution in [0.3, 0.4) is 0 Å². The second-order valence-corrected chi connectivity index (χ2v) is 6.00. The van der Waals surface area contributed by atoms with Gasteiger partial charge in [-0.2, -0.15) is 0 Å². The molecule has 0 saturated carbocycles. The molecule has 0 aliphatic heterocycles. The molecule has 0 radical (unpaired) electrons. The largest absolute Gasteiger partial charge is 0.313 e. The molecule has 0 saturated heterocycles. The molecule has 0 aliphatic carbocycles. The Kier molecular flexibility index (Phi) is 5.42. The predicted octanol–water partition coefficient (Wildman–Crippen LogP) is 3.33. The molecule has 1 atom stereocenters. The number of rotatable bonds is 6. The maximum atomic E-state index is 4.56. The van der Waals surface area contributed by atoms with Gasteiger partial charge >= 0.3 is 0 Å². The molecule has 1 heterocycles. The lowest BCUT2D eigenvalue weighted by molar-refractivity contribution is 0.391. The van der Waals surface area contributed by atoms with E-state index < -0.39 is 0 Å². The van der Waals surface area contributed by atoms with Crippen molar-refractivity contribution >= 4 is 11.3 Å². The van der Waals surface area contributed by atoms with Gasteiger partial charge in [-0.3, -0.25) is 0 Å². The first kappa shape index (κ1) is 13.7. The number of hydrogen-bond donors (Lipinski definition) is 1. The molecule has 0 bridgehead atoms. The molecule has 1 N–H and O–H groups in total.